The van der Waals surface area contributed by atoms with Crippen LogP contribution in [0.4, 0.5) is 10.1 Å². The zero-order valence-corrected chi connectivity index (χ0v) is 11.9. The Morgan fingerprint density at radius 3 is 2.74 bits per heavy atom. The van der Waals surface area contributed by atoms with Crippen molar-refractivity contribution in [3.63, 3.8) is 0 Å². The molecule has 4 heteroatoms. The van der Waals surface area contributed by atoms with Gasteiger partial charge in [0.1, 0.15) is 5.82 Å². The summed E-state index contributed by atoms with van der Waals surface area (Å²) < 4.78 is 13.7. The molecule has 0 bridgehead atoms. The zero-order valence-electron chi connectivity index (χ0n) is 11.9. The average Bonchev–Trinajstić information content (AvgIpc) is 2.35. The fourth-order valence-electron chi connectivity index (χ4n) is 2.67. The molecule has 3 nitrogen and oxygen atoms in total. The number of rotatable bonds is 2. The van der Waals surface area contributed by atoms with Crippen LogP contribution in [0.25, 0.3) is 0 Å². The van der Waals surface area contributed by atoms with Gasteiger partial charge in [0, 0.05) is 24.8 Å². The van der Waals surface area contributed by atoms with Crippen LogP contribution in [0.3, 0.4) is 0 Å². The number of nitrogens with two attached hydrogens (primary N) is 1. The van der Waals surface area contributed by atoms with Crippen LogP contribution in [0.15, 0.2) is 12.1 Å². The molecule has 0 spiro atoms. The van der Waals surface area contributed by atoms with E-state index in [1.165, 1.54) is 0 Å². The molecule has 0 amide bonds. The van der Waals surface area contributed by atoms with Gasteiger partial charge in [-0.15, -0.1) is 0 Å². The van der Waals surface area contributed by atoms with Gasteiger partial charge in [-0.2, -0.15) is 0 Å². The molecule has 0 saturated carbocycles. The Morgan fingerprint density at radius 2 is 2.16 bits per heavy atom. The van der Waals surface area contributed by atoms with Gasteiger partial charge in [0.15, 0.2) is 0 Å². The van der Waals surface area contributed by atoms with Gasteiger partial charge in [-0.1, -0.05) is 6.92 Å². The van der Waals surface area contributed by atoms with Crippen LogP contribution in [-0.4, -0.2) is 24.3 Å². The molecule has 3 atom stereocenters. The van der Waals surface area contributed by atoms with Gasteiger partial charge in [0.25, 0.3) is 0 Å². The highest BCUT2D eigenvalue weighted by Gasteiger charge is 2.26. The van der Waals surface area contributed by atoms with Crippen molar-refractivity contribution in [1.29, 1.82) is 0 Å². The Bertz CT molecular complexity index is 462. The number of hydrogen-bond donors (Lipinski definition) is 2. The highest BCUT2D eigenvalue weighted by molar-refractivity contribution is 5.57. The van der Waals surface area contributed by atoms with Crippen LogP contribution in [0.2, 0.25) is 0 Å². The molecule has 2 rings (SSSR count). The molecule has 0 aromatic heterocycles. The Labute approximate surface area is 114 Å². The predicted octanol–water partition coefficient (Wildman–Crippen LogP) is 2.36. The Kier molecular flexibility index (Phi) is 4.11. The van der Waals surface area contributed by atoms with Crippen LogP contribution in [0.5, 0.6) is 0 Å². The summed E-state index contributed by atoms with van der Waals surface area (Å²) in [6.45, 7) is 7.25. The molecule has 1 heterocycles. The molecule has 1 aromatic carbocycles. The van der Waals surface area contributed by atoms with E-state index in [2.05, 4.69) is 4.90 Å². The summed E-state index contributed by atoms with van der Waals surface area (Å²) >= 11 is 0. The Morgan fingerprint density at radius 1 is 1.47 bits per heavy atom. The lowest BCUT2D eigenvalue weighted by atomic mass is 9.94. The molecule has 0 radical (unpaired) electrons. The van der Waals surface area contributed by atoms with E-state index in [1.54, 1.807) is 13.0 Å². The minimum absolute atomic E-state index is 0.202. The first-order valence-electron chi connectivity index (χ1n) is 6.88. The fourth-order valence-corrected chi connectivity index (χ4v) is 2.67. The summed E-state index contributed by atoms with van der Waals surface area (Å²) in [5.74, 6) is 0.0150. The third-order valence-electron chi connectivity index (χ3n) is 4.00. The highest BCUT2D eigenvalue weighted by atomic mass is 19.1. The number of piperidine rings is 1. The third-order valence-corrected chi connectivity index (χ3v) is 4.00. The van der Waals surface area contributed by atoms with Gasteiger partial charge >= 0.3 is 0 Å². The molecule has 1 fully saturated rings. The summed E-state index contributed by atoms with van der Waals surface area (Å²) in [4.78, 5) is 2.21. The molecule has 3 unspecified atom stereocenters. The van der Waals surface area contributed by atoms with Crippen molar-refractivity contribution in [3.05, 3.63) is 29.1 Å². The molecular weight excluding hydrogens is 243 g/mol. The van der Waals surface area contributed by atoms with Gasteiger partial charge in [0.05, 0.1) is 6.10 Å². The number of aryl methyl sites for hydroxylation is 1. The normalized spacial score (nSPS) is 25.5. The van der Waals surface area contributed by atoms with Crippen LogP contribution < -0.4 is 10.6 Å². The van der Waals surface area contributed by atoms with Crippen LogP contribution in [-0.2, 0) is 0 Å². The molecule has 1 aliphatic rings. The van der Waals surface area contributed by atoms with Gasteiger partial charge in [-0.3, -0.25) is 0 Å². The molecule has 1 saturated heterocycles. The van der Waals surface area contributed by atoms with Crippen LogP contribution >= 0.6 is 0 Å². The van der Waals surface area contributed by atoms with Crippen molar-refractivity contribution >= 4 is 5.69 Å². The number of aliphatic hydroxyl groups is 1. The van der Waals surface area contributed by atoms with Crippen molar-refractivity contribution < 1.29 is 9.50 Å². The lowest BCUT2D eigenvalue weighted by molar-refractivity contribution is 0.0970. The fraction of sp³-hybridized carbons (Fsp3) is 0.600. The molecule has 1 aliphatic heterocycles. The molecule has 106 valence electrons. The largest absolute Gasteiger partial charge is 0.393 e. The predicted molar refractivity (Wildman–Crippen MR) is 75.7 cm³/mol. The summed E-state index contributed by atoms with van der Waals surface area (Å²) in [6.07, 6.45) is 0.507. The van der Waals surface area contributed by atoms with Crippen molar-refractivity contribution in [3.8, 4) is 0 Å². The van der Waals surface area contributed by atoms with E-state index in [4.69, 9.17) is 5.73 Å². The number of anilines is 1. The number of benzene rings is 1. The van der Waals surface area contributed by atoms with Crippen molar-refractivity contribution in [2.24, 2.45) is 11.7 Å². The second-order valence-corrected chi connectivity index (χ2v) is 5.73. The minimum atomic E-state index is -0.239. The second kappa shape index (κ2) is 5.47. The number of hydrogen-bond acceptors (Lipinski definition) is 3. The molecule has 19 heavy (non-hydrogen) atoms. The van der Waals surface area contributed by atoms with E-state index < -0.39 is 0 Å². The second-order valence-electron chi connectivity index (χ2n) is 5.73. The lowest BCUT2D eigenvalue weighted by Gasteiger charge is -2.37. The maximum atomic E-state index is 13.7. The quantitative estimate of drug-likeness (QED) is 0.864. The lowest BCUT2D eigenvalue weighted by Crippen LogP contribution is -2.42. The minimum Gasteiger partial charge on any atom is -0.393 e. The smallest absolute Gasteiger partial charge is 0.126 e. The number of aliphatic hydroxyl groups excluding tert-OH is 1. The van der Waals surface area contributed by atoms with E-state index in [-0.39, 0.29) is 23.9 Å². The molecule has 0 aliphatic carbocycles. The maximum absolute atomic E-state index is 13.7. The van der Waals surface area contributed by atoms with E-state index >= 15 is 0 Å². The Hall–Kier alpha value is -1.13. The molecule has 3 N–H and O–H groups in total. The van der Waals surface area contributed by atoms with Crippen molar-refractivity contribution in [1.82, 2.24) is 0 Å². The zero-order chi connectivity index (χ0) is 14.2. The SMILES string of the molecule is Cc1cc(N2CCC(O)C(C)C2)c(C(C)N)cc1F. The van der Waals surface area contributed by atoms with Gasteiger partial charge in [0.2, 0.25) is 0 Å². The monoisotopic (exact) mass is 266 g/mol. The van der Waals surface area contributed by atoms with Gasteiger partial charge in [-0.25, -0.2) is 4.39 Å². The number of nitrogens with zero attached hydrogens (tertiary/aromatic N) is 1. The van der Waals surface area contributed by atoms with E-state index in [0.29, 0.717) is 5.56 Å². The van der Waals surface area contributed by atoms with E-state index in [1.807, 2.05) is 19.9 Å². The first-order valence-corrected chi connectivity index (χ1v) is 6.88. The van der Waals surface area contributed by atoms with Crippen LogP contribution in [0.1, 0.15) is 37.4 Å². The average molecular weight is 266 g/mol. The highest BCUT2D eigenvalue weighted by Crippen LogP contribution is 2.31. The summed E-state index contributed by atoms with van der Waals surface area (Å²) in [6, 6.07) is 3.22. The van der Waals surface area contributed by atoms with Gasteiger partial charge in [-0.05, 0) is 49.4 Å². The van der Waals surface area contributed by atoms with E-state index in [0.717, 1.165) is 30.8 Å². The topological polar surface area (TPSA) is 49.5 Å². The summed E-state index contributed by atoms with van der Waals surface area (Å²) in [5, 5.41) is 9.81. The molecular formula is C15H23FN2O. The van der Waals surface area contributed by atoms with Gasteiger partial charge < -0.3 is 15.7 Å². The first-order chi connectivity index (χ1) is 8.90. The standard InChI is InChI=1S/C15H23FN2O/c1-9-6-14(12(11(3)17)7-13(9)16)18-5-4-15(19)10(2)8-18/h6-7,10-11,15,19H,4-5,8,17H2,1-3H3. The summed E-state index contributed by atoms with van der Waals surface area (Å²) in [5.41, 5.74) is 8.44. The van der Waals surface area contributed by atoms with E-state index in [9.17, 15) is 9.50 Å². The number of halogens is 1. The first kappa shape index (κ1) is 14.3. The Balaban J connectivity index is 2.35. The maximum Gasteiger partial charge on any atom is 0.126 e. The van der Waals surface area contributed by atoms with Crippen LogP contribution in [0, 0.1) is 18.7 Å². The van der Waals surface area contributed by atoms with Crippen molar-refractivity contribution in [2.45, 2.75) is 39.3 Å². The summed E-state index contributed by atoms with van der Waals surface area (Å²) in [7, 11) is 0. The van der Waals surface area contributed by atoms with Crippen molar-refractivity contribution in [2.75, 3.05) is 18.0 Å². The third kappa shape index (κ3) is 2.90. The molecule has 1 aromatic rings.